The quantitative estimate of drug-likeness (QED) is 0.497. The molecular formula is C22H33F3N2OS. The van der Waals surface area contributed by atoms with E-state index in [1.165, 1.54) is 9.87 Å². The van der Waals surface area contributed by atoms with Crippen LogP contribution >= 0.6 is 12.8 Å². The highest BCUT2D eigenvalue weighted by atomic mass is 32.1. The summed E-state index contributed by atoms with van der Waals surface area (Å²) in [7, 11) is 0. The van der Waals surface area contributed by atoms with E-state index in [2.05, 4.69) is 58.0 Å². The Labute approximate surface area is 178 Å². The first-order valence-electron chi connectivity index (χ1n) is 10.6. The molecule has 0 unspecified atom stereocenters. The van der Waals surface area contributed by atoms with E-state index in [0.29, 0.717) is 18.8 Å². The van der Waals surface area contributed by atoms with E-state index in [4.69, 9.17) is 0 Å². The predicted octanol–water partition coefficient (Wildman–Crippen LogP) is 6.49. The summed E-state index contributed by atoms with van der Waals surface area (Å²) in [6, 6.07) is 3.66. The maximum absolute atomic E-state index is 12.9. The van der Waals surface area contributed by atoms with Crippen LogP contribution in [0.1, 0.15) is 70.1 Å². The zero-order valence-corrected chi connectivity index (χ0v) is 18.7. The van der Waals surface area contributed by atoms with Gasteiger partial charge in [-0.15, -0.1) is 0 Å². The zero-order valence-electron chi connectivity index (χ0n) is 17.8. The van der Waals surface area contributed by atoms with E-state index >= 15 is 0 Å². The molecule has 0 heterocycles. The van der Waals surface area contributed by atoms with Crippen molar-refractivity contribution in [1.82, 2.24) is 5.32 Å². The van der Waals surface area contributed by atoms with Gasteiger partial charge in [0.2, 0.25) is 0 Å². The number of alkyl halides is 3. The summed E-state index contributed by atoms with van der Waals surface area (Å²) >= 11 is 4.47. The molecule has 0 saturated heterocycles. The number of nitrogens with zero attached hydrogens (tertiary/aromatic N) is 1. The van der Waals surface area contributed by atoms with Crippen LogP contribution in [0.15, 0.2) is 12.1 Å². The Morgan fingerprint density at radius 2 is 1.66 bits per heavy atom. The third-order valence-electron chi connectivity index (χ3n) is 5.66. The molecule has 0 aromatic heterocycles. The fourth-order valence-electron chi connectivity index (χ4n) is 4.13. The molecule has 1 saturated carbocycles. The first-order valence-corrected chi connectivity index (χ1v) is 11.0. The second kappa shape index (κ2) is 10.1. The molecule has 1 aliphatic rings. The minimum Gasteiger partial charge on any atom is -0.334 e. The van der Waals surface area contributed by atoms with Gasteiger partial charge in [-0.25, -0.2) is 9.10 Å². The third-order valence-corrected chi connectivity index (χ3v) is 6.04. The fourth-order valence-corrected chi connectivity index (χ4v) is 4.45. The lowest BCUT2D eigenvalue weighted by Crippen LogP contribution is -2.44. The van der Waals surface area contributed by atoms with E-state index in [-0.39, 0.29) is 24.9 Å². The largest absolute Gasteiger partial charge is 0.391 e. The van der Waals surface area contributed by atoms with Crippen molar-refractivity contribution in [3.63, 3.8) is 0 Å². The molecule has 0 bridgehead atoms. The molecule has 0 atom stereocenters. The first-order chi connectivity index (χ1) is 13.6. The minimum absolute atomic E-state index is 0.0609. The molecule has 2 rings (SSSR count). The number of aryl methyl sites for hydroxylation is 2. The van der Waals surface area contributed by atoms with Gasteiger partial charge in [-0.2, -0.15) is 13.2 Å². The highest BCUT2D eigenvalue weighted by Crippen LogP contribution is 2.38. The van der Waals surface area contributed by atoms with Gasteiger partial charge in [-0.3, -0.25) is 0 Å². The van der Waals surface area contributed by atoms with Crippen LogP contribution in [-0.4, -0.2) is 18.2 Å². The number of benzene rings is 1. The van der Waals surface area contributed by atoms with Crippen molar-refractivity contribution in [2.24, 2.45) is 11.8 Å². The SMILES string of the molecule is CCc1cc(CC(C)C)cc(CC)c1N(S)C(=O)NC1CCC(C(F)(F)F)CC1. The van der Waals surface area contributed by atoms with E-state index in [0.717, 1.165) is 36.1 Å². The van der Waals surface area contributed by atoms with Crippen LogP contribution in [0.25, 0.3) is 0 Å². The van der Waals surface area contributed by atoms with Gasteiger partial charge in [0.15, 0.2) is 0 Å². The Balaban J connectivity index is 2.12. The number of hydrogen-bond donors (Lipinski definition) is 2. The Kier molecular flexibility index (Phi) is 8.32. The second-order valence-corrected chi connectivity index (χ2v) is 8.82. The van der Waals surface area contributed by atoms with Crippen LogP contribution in [0.5, 0.6) is 0 Å². The van der Waals surface area contributed by atoms with Crippen LogP contribution < -0.4 is 9.62 Å². The van der Waals surface area contributed by atoms with Crippen molar-refractivity contribution in [2.75, 3.05) is 4.31 Å². The Hall–Kier alpha value is -1.37. The lowest BCUT2D eigenvalue weighted by atomic mass is 9.85. The van der Waals surface area contributed by atoms with E-state index < -0.39 is 12.1 Å². The van der Waals surface area contributed by atoms with Gasteiger partial charge in [0.05, 0.1) is 11.6 Å². The summed E-state index contributed by atoms with van der Waals surface area (Å²) < 4.78 is 39.9. The van der Waals surface area contributed by atoms with Gasteiger partial charge >= 0.3 is 12.2 Å². The van der Waals surface area contributed by atoms with Crippen molar-refractivity contribution in [1.29, 1.82) is 0 Å². The molecule has 1 aromatic rings. The van der Waals surface area contributed by atoms with Gasteiger partial charge < -0.3 is 5.32 Å². The Morgan fingerprint density at radius 3 is 2.07 bits per heavy atom. The summed E-state index contributed by atoms with van der Waals surface area (Å²) in [5.74, 6) is -0.716. The fraction of sp³-hybridized carbons (Fsp3) is 0.682. The number of amides is 2. The number of thiol groups is 1. The van der Waals surface area contributed by atoms with Crippen molar-refractivity contribution in [2.45, 2.75) is 84.9 Å². The monoisotopic (exact) mass is 430 g/mol. The number of carbonyl (C=O) groups is 1. The van der Waals surface area contributed by atoms with Crippen LogP contribution in [0, 0.1) is 11.8 Å². The Bertz CT molecular complexity index is 673. The molecular weight excluding hydrogens is 397 g/mol. The van der Waals surface area contributed by atoms with Crippen molar-refractivity contribution < 1.29 is 18.0 Å². The van der Waals surface area contributed by atoms with Gasteiger partial charge in [0, 0.05) is 6.04 Å². The predicted molar refractivity (Wildman–Crippen MR) is 116 cm³/mol. The van der Waals surface area contributed by atoms with E-state index in [9.17, 15) is 18.0 Å². The highest BCUT2D eigenvalue weighted by Gasteiger charge is 2.41. The number of halogens is 3. The van der Waals surface area contributed by atoms with E-state index in [1.807, 2.05) is 0 Å². The Morgan fingerprint density at radius 1 is 1.14 bits per heavy atom. The van der Waals surface area contributed by atoms with Crippen LogP contribution in [0.2, 0.25) is 0 Å². The highest BCUT2D eigenvalue weighted by molar-refractivity contribution is 7.82. The molecule has 29 heavy (non-hydrogen) atoms. The molecule has 0 aliphatic heterocycles. The second-order valence-electron chi connectivity index (χ2n) is 8.42. The average molecular weight is 431 g/mol. The zero-order chi connectivity index (χ0) is 21.8. The van der Waals surface area contributed by atoms with Crippen LogP contribution in [0.3, 0.4) is 0 Å². The number of urea groups is 1. The molecule has 7 heteroatoms. The van der Waals surface area contributed by atoms with Crippen molar-refractivity contribution in [3.8, 4) is 0 Å². The topological polar surface area (TPSA) is 32.3 Å². The standard InChI is InChI=1S/C22H33F3N2OS/c1-5-16-12-15(11-14(3)4)13-17(6-2)20(16)27(29)21(28)26-19-9-7-18(8-10-19)22(23,24)25/h12-14,18-19,29H,5-11H2,1-4H3,(H,26,28). The number of anilines is 1. The molecule has 2 amide bonds. The maximum Gasteiger partial charge on any atom is 0.391 e. The number of carbonyl (C=O) groups excluding carboxylic acids is 1. The molecule has 1 fully saturated rings. The maximum atomic E-state index is 12.9. The van der Waals surface area contributed by atoms with Crippen LogP contribution in [-0.2, 0) is 19.3 Å². The lowest BCUT2D eigenvalue weighted by Gasteiger charge is -2.32. The summed E-state index contributed by atoms with van der Waals surface area (Å²) in [6.07, 6.45) is -0.824. The number of rotatable bonds is 6. The summed E-state index contributed by atoms with van der Waals surface area (Å²) in [5, 5.41) is 2.88. The molecule has 164 valence electrons. The molecule has 0 radical (unpaired) electrons. The molecule has 1 N–H and O–H groups in total. The van der Waals surface area contributed by atoms with Crippen molar-refractivity contribution in [3.05, 3.63) is 28.8 Å². The van der Waals surface area contributed by atoms with Crippen molar-refractivity contribution >= 4 is 24.5 Å². The normalized spacial score (nSPS) is 20.0. The van der Waals surface area contributed by atoms with Gasteiger partial charge in [0.1, 0.15) is 0 Å². The van der Waals surface area contributed by atoms with Gasteiger partial charge in [-0.1, -0.05) is 52.6 Å². The first kappa shape index (κ1) is 23.9. The van der Waals surface area contributed by atoms with E-state index in [1.54, 1.807) is 0 Å². The van der Waals surface area contributed by atoms with Gasteiger partial charge in [0.25, 0.3) is 0 Å². The van der Waals surface area contributed by atoms with Gasteiger partial charge in [-0.05, 0) is 67.6 Å². The van der Waals surface area contributed by atoms with Crippen LogP contribution in [0.4, 0.5) is 23.7 Å². The lowest BCUT2D eigenvalue weighted by molar-refractivity contribution is -0.182. The third kappa shape index (κ3) is 6.30. The summed E-state index contributed by atoms with van der Waals surface area (Å²) in [5.41, 5.74) is 4.18. The minimum atomic E-state index is -4.14. The molecule has 1 aromatic carbocycles. The molecule has 3 nitrogen and oxygen atoms in total. The summed E-state index contributed by atoms with van der Waals surface area (Å²) in [6.45, 7) is 8.46. The number of hydrogen-bond acceptors (Lipinski definition) is 2. The average Bonchev–Trinajstić information content (AvgIpc) is 2.65. The number of nitrogens with one attached hydrogen (secondary N) is 1. The summed E-state index contributed by atoms with van der Waals surface area (Å²) in [4.78, 5) is 12.8. The molecule has 1 aliphatic carbocycles. The smallest absolute Gasteiger partial charge is 0.334 e. The molecule has 0 spiro atoms.